The molecule has 1 aliphatic rings. The van der Waals surface area contributed by atoms with Crippen LogP contribution in [-0.4, -0.2) is 62.1 Å². The highest BCUT2D eigenvalue weighted by molar-refractivity contribution is 5.91. The monoisotopic (exact) mass is 442 g/mol. The number of furan rings is 1. The molecule has 168 valence electrons. The second-order valence-electron chi connectivity index (χ2n) is 8.11. The molecular weight excluding hydrogens is 416 g/mol. The maximum Gasteiger partial charge on any atom is 0.289 e. The summed E-state index contributed by atoms with van der Waals surface area (Å²) in [5.74, 6) is 1.14. The van der Waals surface area contributed by atoms with Crippen LogP contribution in [0.2, 0.25) is 0 Å². The van der Waals surface area contributed by atoms with Crippen molar-refractivity contribution in [3.8, 4) is 0 Å². The fourth-order valence-corrected chi connectivity index (χ4v) is 4.34. The van der Waals surface area contributed by atoms with E-state index in [0.717, 1.165) is 30.9 Å². The zero-order valence-electron chi connectivity index (χ0n) is 18.3. The van der Waals surface area contributed by atoms with E-state index in [9.17, 15) is 4.79 Å². The number of amides is 1. The van der Waals surface area contributed by atoms with Gasteiger partial charge in [-0.25, -0.2) is 4.68 Å². The van der Waals surface area contributed by atoms with E-state index in [1.54, 1.807) is 12.1 Å². The van der Waals surface area contributed by atoms with Gasteiger partial charge < -0.3 is 9.32 Å². The normalized spacial score (nSPS) is 15.5. The van der Waals surface area contributed by atoms with Gasteiger partial charge in [0.25, 0.3) is 5.91 Å². The Morgan fingerprint density at radius 1 is 0.909 bits per heavy atom. The van der Waals surface area contributed by atoms with Crippen molar-refractivity contribution in [2.75, 3.05) is 26.2 Å². The summed E-state index contributed by atoms with van der Waals surface area (Å²) in [6.07, 6.45) is 2.38. The van der Waals surface area contributed by atoms with Crippen LogP contribution in [-0.2, 0) is 13.0 Å². The van der Waals surface area contributed by atoms with Crippen molar-refractivity contribution in [3.63, 3.8) is 0 Å². The highest BCUT2D eigenvalue weighted by Gasteiger charge is 2.32. The Morgan fingerprint density at radius 2 is 1.64 bits per heavy atom. The Bertz CT molecular complexity index is 1150. The minimum atomic E-state index is -0.0853. The van der Waals surface area contributed by atoms with Gasteiger partial charge in [0.15, 0.2) is 11.6 Å². The molecular formula is C25H26N6O2. The predicted octanol–water partition coefficient (Wildman–Crippen LogP) is 3.06. The number of carbonyl (C=O) groups excluding carboxylic acids is 1. The van der Waals surface area contributed by atoms with Crippen LogP contribution in [0.3, 0.4) is 0 Å². The molecule has 1 unspecified atom stereocenters. The van der Waals surface area contributed by atoms with Crippen LogP contribution in [0.15, 0.2) is 83.5 Å². The lowest BCUT2D eigenvalue weighted by Crippen LogP contribution is -2.50. The summed E-state index contributed by atoms with van der Waals surface area (Å²) in [6.45, 7) is 3.38. The lowest BCUT2D eigenvalue weighted by molar-refractivity contribution is 0.0559. The average molecular weight is 443 g/mol. The summed E-state index contributed by atoms with van der Waals surface area (Å²) in [5.41, 5.74) is 2.39. The van der Waals surface area contributed by atoms with E-state index in [1.807, 2.05) is 46.0 Å². The van der Waals surface area contributed by atoms with Gasteiger partial charge in [-0.15, -0.1) is 5.10 Å². The molecule has 0 spiro atoms. The summed E-state index contributed by atoms with van der Waals surface area (Å²) in [4.78, 5) is 16.9. The summed E-state index contributed by atoms with van der Waals surface area (Å²) in [6, 6.07) is 24.0. The molecule has 33 heavy (non-hydrogen) atoms. The number of rotatable bonds is 7. The molecule has 0 bridgehead atoms. The Hall–Kier alpha value is -3.78. The minimum Gasteiger partial charge on any atom is -0.459 e. The first-order valence-corrected chi connectivity index (χ1v) is 11.2. The topological polar surface area (TPSA) is 80.3 Å². The van der Waals surface area contributed by atoms with Crippen LogP contribution in [0.25, 0.3) is 0 Å². The first kappa shape index (κ1) is 21.1. The number of hydrogen-bond donors (Lipinski definition) is 0. The quantitative estimate of drug-likeness (QED) is 0.438. The van der Waals surface area contributed by atoms with Gasteiger partial charge in [-0.1, -0.05) is 60.7 Å². The van der Waals surface area contributed by atoms with Crippen molar-refractivity contribution in [2.45, 2.75) is 19.0 Å². The molecule has 1 amide bonds. The number of hydrogen-bond acceptors (Lipinski definition) is 6. The SMILES string of the molecule is O=C(c1ccco1)N1CCN(C(c2ccccc2)c2nnnn2CCc2ccccc2)CC1. The third-order valence-corrected chi connectivity index (χ3v) is 6.07. The molecule has 2 aromatic heterocycles. The largest absolute Gasteiger partial charge is 0.459 e. The molecule has 5 rings (SSSR count). The van der Waals surface area contributed by atoms with Gasteiger partial charge in [0.2, 0.25) is 0 Å². The van der Waals surface area contributed by atoms with E-state index in [0.29, 0.717) is 25.4 Å². The third kappa shape index (κ3) is 4.70. The number of nitrogens with zero attached hydrogens (tertiary/aromatic N) is 6. The fourth-order valence-electron chi connectivity index (χ4n) is 4.34. The number of benzene rings is 2. The molecule has 8 nitrogen and oxygen atoms in total. The van der Waals surface area contributed by atoms with Crippen molar-refractivity contribution < 1.29 is 9.21 Å². The summed E-state index contributed by atoms with van der Waals surface area (Å²) < 4.78 is 7.20. The zero-order valence-corrected chi connectivity index (χ0v) is 18.3. The predicted molar refractivity (Wildman–Crippen MR) is 122 cm³/mol. The summed E-state index contributed by atoms with van der Waals surface area (Å²) in [7, 11) is 0. The molecule has 1 saturated heterocycles. The van der Waals surface area contributed by atoms with Crippen LogP contribution in [0.4, 0.5) is 0 Å². The van der Waals surface area contributed by atoms with Crippen molar-refractivity contribution in [2.24, 2.45) is 0 Å². The van der Waals surface area contributed by atoms with E-state index in [2.05, 4.69) is 44.7 Å². The lowest BCUT2D eigenvalue weighted by atomic mass is 10.0. The molecule has 0 N–H and O–H groups in total. The van der Waals surface area contributed by atoms with E-state index in [4.69, 9.17) is 4.42 Å². The van der Waals surface area contributed by atoms with Gasteiger partial charge in [-0.3, -0.25) is 9.69 Å². The average Bonchev–Trinajstić information content (AvgIpc) is 3.57. The molecule has 2 aromatic carbocycles. The van der Waals surface area contributed by atoms with Gasteiger partial charge in [-0.2, -0.15) is 0 Å². The second kappa shape index (κ2) is 9.79. The van der Waals surface area contributed by atoms with Crippen LogP contribution < -0.4 is 0 Å². The van der Waals surface area contributed by atoms with Crippen molar-refractivity contribution in [1.29, 1.82) is 0 Å². The molecule has 1 fully saturated rings. The maximum absolute atomic E-state index is 12.7. The van der Waals surface area contributed by atoms with Crippen molar-refractivity contribution in [1.82, 2.24) is 30.0 Å². The van der Waals surface area contributed by atoms with Crippen molar-refractivity contribution in [3.05, 3.63) is 102 Å². The molecule has 1 aliphatic heterocycles. The van der Waals surface area contributed by atoms with Crippen LogP contribution >= 0.6 is 0 Å². The Labute approximate surface area is 192 Å². The Morgan fingerprint density at radius 3 is 2.33 bits per heavy atom. The number of tetrazole rings is 1. The van der Waals surface area contributed by atoms with Gasteiger partial charge >= 0.3 is 0 Å². The minimum absolute atomic E-state index is 0.0661. The molecule has 1 atom stereocenters. The highest BCUT2D eigenvalue weighted by Crippen LogP contribution is 2.28. The molecule has 3 heterocycles. The van der Waals surface area contributed by atoms with Crippen LogP contribution in [0.1, 0.15) is 33.5 Å². The van der Waals surface area contributed by atoms with Gasteiger partial charge in [0, 0.05) is 32.7 Å². The fraction of sp³-hybridized carbons (Fsp3) is 0.280. The number of carbonyl (C=O) groups is 1. The Balaban J connectivity index is 1.35. The second-order valence-corrected chi connectivity index (χ2v) is 8.11. The van der Waals surface area contributed by atoms with Gasteiger partial charge in [0.1, 0.15) is 0 Å². The van der Waals surface area contributed by atoms with Crippen LogP contribution in [0.5, 0.6) is 0 Å². The molecule has 4 aromatic rings. The maximum atomic E-state index is 12.7. The van der Waals surface area contributed by atoms with Gasteiger partial charge in [-0.05, 0) is 40.1 Å². The summed E-state index contributed by atoms with van der Waals surface area (Å²) in [5, 5.41) is 12.8. The first-order chi connectivity index (χ1) is 16.3. The third-order valence-electron chi connectivity index (χ3n) is 6.07. The van der Waals surface area contributed by atoms with Crippen LogP contribution in [0, 0.1) is 0 Å². The number of aryl methyl sites for hydroxylation is 2. The molecule has 8 heteroatoms. The van der Waals surface area contributed by atoms with E-state index in [1.165, 1.54) is 11.8 Å². The highest BCUT2D eigenvalue weighted by atomic mass is 16.3. The molecule has 0 radical (unpaired) electrons. The molecule has 0 aliphatic carbocycles. The smallest absolute Gasteiger partial charge is 0.289 e. The van der Waals surface area contributed by atoms with Crippen molar-refractivity contribution >= 4 is 5.91 Å². The Kier molecular flexibility index (Phi) is 6.25. The standard InChI is InChI=1S/C25H26N6O2/c32-25(22-12-7-19-33-22)30-17-15-29(16-18-30)23(21-10-5-2-6-11-21)24-26-27-28-31(24)14-13-20-8-3-1-4-9-20/h1-12,19,23H,13-18H2. The van der Waals surface area contributed by atoms with E-state index in [-0.39, 0.29) is 11.9 Å². The number of aromatic nitrogens is 4. The first-order valence-electron chi connectivity index (χ1n) is 11.2. The van der Waals surface area contributed by atoms with Gasteiger partial charge in [0.05, 0.1) is 12.3 Å². The van der Waals surface area contributed by atoms with E-state index >= 15 is 0 Å². The number of piperazine rings is 1. The summed E-state index contributed by atoms with van der Waals surface area (Å²) >= 11 is 0. The lowest BCUT2D eigenvalue weighted by Gasteiger charge is -2.38. The zero-order chi connectivity index (χ0) is 22.5. The molecule has 0 saturated carbocycles. The van der Waals surface area contributed by atoms with E-state index < -0.39 is 0 Å².